The second-order valence-electron chi connectivity index (χ2n) is 5.74. The molecule has 1 amide bonds. The van der Waals surface area contributed by atoms with Gasteiger partial charge in [0.2, 0.25) is 5.91 Å². The van der Waals surface area contributed by atoms with Crippen LogP contribution in [0.25, 0.3) is 10.2 Å². The number of nitrogens with one attached hydrogen (secondary N) is 1. The number of carbonyl (C=O) groups is 1. The molecule has 6 nitrogen and oxygen atoms in total. The van der Waals surface area contributed by atoms with Crippen molar-refractivity contribution in [2.75, 3.05) is 12.4 Å². The molecule has 23 heavy (non-hydrogen) atoms. The number of benzene rings is 1. The molecule has 2 atom stereocenters. The molecule has 1 aliphatic rings. The first-order chi connectivity index (χ1) is 11.1. The van der Waals surface area contributed by atoms with E-state index in [1.807, 2.05) is 37.6 Å². The highest BCUT2D eigenvalue weighted by Gasteiger charge is 2.44. The molecule has 0 aliphatic heterocycles. The van der Waals surface area contributed by atoms with Gasteiger partial charge in [0.25, 0.3) is 0 Å². The minimum Gasteiger partial charge on any atom is -0.497 e. The molecule has 1 aliphatic carbocycles. The van der Waals surface area contributed by atoms with Gasteiger partial charge in [-0.05, 0) is 36.1 Å². The maximum atomic E-state index is 12.4. The first-order valence-corrected chi connectivity index (χ1v) is 8.19. The van der Waals surface area contributed by atoms with E-state index in [1.165, 1.54) is 11.3 Å². The van der Waals surface area contributed by atoms with E-state index >= 15 is 0 Å². The third-order valence-electron chi connectivity index (χ3n) is 4.11. The largest absolute Gasteiger partial charge is 0.497 e. The Kier molecular flexibility index (Phi) is 3.30. The monoisotopic (exact) mass is 328 g/mol. The number of anilines is 1. The molecule has 7 heteroatoms. The fraction of sp³-hybridized carbons (Fsp3) is 0.312. The highest BCUT2D eigenvalue weighted by atomic mass is 32.1. The standard InChI is InChI=1S/C16H16N4O2S/c1-20-8-9(7-17-20)11-6-12(11)15(21)19-16-18-13-4-3-10(22-2)5-14(13)23-16/h3-5,7-8,11-12H,6H2,1-2H3,(H,18,19,21)/t11-,12+/m0/s1. The molecule has 3 aromatic rings. The van der Waals surface area contributed by atoms with Gasteiger partial charge in [0.15, 0.2) is 5.13 Å². The zero-order valence-electron chi connectivity index (χ0n) is 12.8. The van der Waals surface area contributed by atoms with Crippen molar-refractivity contribution in [3.63, 3.8) is 0 Å². The number of hydrogen-bond acceptors (Lipinski definition) is 5. The van der Waals surface area contributed by atoms with Gasteiger partial charge in [0.05, 0.1) is 23.5 Å². The van der Waals surface area contributed by atoms with Crippen LogP contribution in [0.1, 0.15) is 17.9 Å². The minimum absolute atomic E-state index is 0.0146. The van der Waals surface area contributed by atoms with Crippen molar-refractivity contribution >= 4 is 32.6 Å². The van der Waals surface area contributed by atoms with E-state index in [0.29, 0.717) is 5.13 Å². The smallest absolute Gasteiger partial charge is 0.229 e. The van der Waals surface area contributed by atoms with Crippen LogP contribution >= 0.6 is 11.3 Å². The van der Waals surface area contributed by atoms with Crippen LogP contribution in [0.2, 0.25) is 0 Å². The highest BCUT2D eigenvalue weighted by molar-refractivity contribution is 7.22. The van der Waals surface area contributed by atoms with Gasteiger partial charge in [-0.1, -0.05) is 11.3 Å². The van der Waals surface area contributed by atoms with Crippen LogP contribution < -0.4 is 10.1 Å². The Bertz CT molecular complexity index is 885. The molecule has 0 unspecified atom stereocenters. The van der Waals surface area contributed by atoms with Crippen LogP contribution in [0.5, 0.6) is 5.75 Å². The summed E-state index contributed by atoms with van der Waals surface area (Å²) in [6, 6.07) is 5.70. The molecule has 0 bridgehead atoms. The molecular formula is C16H16N4O2S. The molecule has 0 spiro atoms. The van der Waals surface area contributed by atoms with Crippen LogP contribution in [0.4, 0.5) is 5.13 Å². The average molecular weight is 328 g/mol. The van der Waals surface area contributed by atoms with E-state index in [2.05, 4.69) is 15.4 Å². The number of rotatable bonds is 4. The molecule has 0 saturated heterocycles. The van der Waals surface area contributed by atoms with Crippen molar-refractivity contribution in [3.8, 4) is 5.75 Å². The third kappa shape index (κ3) is 2.68. The van der Waals surface area contributed by atoms with Gasteiger partial charge >= 0.3 is 0 Å². The van der Waals surface area contributed by atoms with Crippen molar-refractivity contribution in [1.29, 1.82) is 0 Å². The second-order valence-corrected chi connectivity index (χ2v) is 6.77. The number of carbonyl (C=O) groups excluding carboxylic acids is 1. The maximum absolute atomic E-state index is 12.4. The Hall–Kier alpha value is -2.41. The SMILES string of the molecule is COc1ccc2nc(NC(=O)[C@@H]3C[C@H]3c3cnn(C)c3)sc2c1. The number of ether oxygens (including phenoxy) is 1. The van der Waals surface area contributed by atoms with Crippen molar-refractivity contribution in [1.82, 2.24) is 14.8 Å². The number of amides is 1. The van der Waals surface area contributed by atoms with E-state index in [-0.39, 0.29) is 17.7 Å². The van der Waals surface area contributed by atoms with Gasteiger partial charge in [-0.25, -0.2) is 4.98 Å². The summed E-state index contributed by atoms with van der Waals surface area (Å²) < 4.78 is 7.98. The number of fused-ring (bicyclic) bond motifs is 1. The number of aryl methyl sites for hydroxylation is 1. The topological polar surface area (TPSA) is 69.0 Å². The Morgan fingerprint density at radius 2 is 2.35 bits per heavy atom. The fourth-order valence-corrected chi connectivity index (χ4v) is 3.67. The normalized spacial score (nSPS) is 19.7. The van der Waals surface area contributed by atoms with Crippen LogP contribution in [-0.4, -0.2) is 27.8 Å². The summed E-state index contributed by atoms with van der Waals surface area (Å²) in [6.07, 6.45) is 4.68. The van der Waals surface area contributed by atoms with Gasteiger partial charge in [-0.2, -0.15) is 5.10 Å². The Morgan fingerprint density at radius 1 is 1.48 bits per heavy atom. The summed E-state index contributed by atoms with van der Waals surface area (Å²) in [7, 11) is 3.52. The number of nitrogens with zero attached hydrogens (tertiary/aromatic N) is 3. The molecule has 2 heterocycles. The first-order valence-electron chi connectivity index (χ1n) is 7.38. The lowest BCUT2D eigenvalue weighted by Gasteiger charge is -1.99. The van der Waals surface area contributed by atoms with Gasteiger partial charge in [0, 0.05) is 19.2 Å². The summed E-state index contributed by atoms with van der Waals surface area (Å²) in [5, 5.41) is 7.74. The fourth-order valence-electron chi connectivity index (χ4n) is 2.77. The molecule has 0 radical (unpaired) electrons. The predicted octanol–water partition coefficient (Wildman–Crippen LogP) is 2.78. The van der Waals surface area contributed by atoms with Gasteiger partial charge in [0.1, 0.15) is 5.75 Å². The van der Waals surface area contributed by atoms with Crippen LogP contribution in [-0.2, 0) is 11.8 Å². The van der Waals surface area contributed by atoms with E-state index in [1.54, 1.807) is 11.8 Å². The highest BCUT2D eigenvalue weighted by Crippen LogP contribution is 2.48. The molecular weight excluding hydrogens is 312 g/mol. The Labute approximate surface area is 137 Å². The van der Waals surface area contributed by atoms with Gasteiger partial charge in [-0.15, -0.1) is 0 Å². The molecule has 1 aromatic carbocycles. The summed E-state index contributed by atoms with van der Waals surface area (Å²) >= 11 is 1.46. The second kappa shape index (κ2) is 5.34. The molecule has 4 rings (SSSR count). The lowest BCUT2D eigenvalue weighted by atomic mass is 10.2. The lowest BCUT2D eigenvalue weighted by molar-refractivity contribution is -0.117. The molecule has 1 saturated carbocycles. The number of thiazole rings is 1. The number of aromatic nitrogens is 3. The summed E-state index contributed by atoms with van der Waals surface area (Å²) in [5.41, 5.74) is 1.99. The summed E-state index contributed by atoms with van der Waals surface area (Å²) in [6.45, 7) is 0. The lowest BCUT2D eigenvalue weighted by Crippen LogP contribution is -2.14. The Morgan fingerprint density at radius 3 is 3.09 bits per heavy atom. The summed E-state index contributed by atoms with van der Waals surface area (Å²) in [4.78, 5) is 16.8. The average Bonchev–Trinajstić information content (AvgIpc) is 3.07. The quantitative estimate of drug-likeness (QED) is 0.799. The summed E-state index contributed by atoms with van der Waals surface area (Å²) in [5.74, 6) is 1.11. The van der Waals surface area contributed by atoms with Crippen LogP contribution in [0.3, 0.4) is 0 Å². The molecule has 1 N–H and O–H groups in total. The van der Waals surface area contributed by atoms with E-state index in [4.69, 9.17) is 4.74 Å². The van der Waals surface area contributed by atoms with Gasteiger partial charge in [-0.3, -0.25) is 9.48 Å². The first kappa shape index (κ1) is 14.2. The predicted molar refractivity (Wildman–Crippen MR) is 88.9 cm³/mol. The van der Waals surface area contributed by atoms with Crippen molar-refractivity contribution in [2.45, 2.75) is 12.3 Å². The zero-order valence-corrected chi connectivity index (χ0v) is 13.6. The maximum Gasteiger partial charge on any atom is 0.229 e. The van der Waals surface area contributed by atoms with Crippen LogP contribution in [0, 0.1) is 5.92 Å². The minimum atomic E-state index is 0.0146. The number of hydrogen-bond donors (Lipinski definition) is 1. The van der Waals surface area contributed by atoms with E-state index in [0.717, 1.165) is 28.0 Å². The van der Waals surface area contributed by atoms with Crippen LogP contribution in [0.15, 0.2) is 30.6 Å². The van der Waals surface area contributed by atoms with E-state index < -0.39 is 0 Å². The third-order valence-corrected chi connectivity index (χ3v) is 5.04. The molecule has 1 fully saturated rings. The van der Waals surface area contributed by atoms with E-state index in [9.17, 15) is 4.79 Å². The zero-order chi connectivity index (χ0) is 16.0. The Balaban J connectivity index is 1.47. The number of methoxy groups -OCH3 is 1. The van der Waals surface area contributed by atoms with Crippen molar-refractivity contribution in [2.24, 2.45) is 13.0 Å². The van der Waals surface area contributed by atoms with Gasteiger partial charge < -0.3 is 10.1 Å². The van der Waals surface area contributed by atoms with Crippen molar-refractivity contribution < 1.29 is 9.53 Å². The molecule has 118 valence electrons. The van der Waals surface area contributed by atoms with Crippen molar-refractivity contribution in [3.05, 3.63) is 36.2 Å². The molecule has 2 aromatic heterocycles.